The smallest absolute Gasteiger partial charge is 0.323 e. The molecule has 0 saturated carbocycles. The number of amides is 1. The quantitative estimate of drug-likeness (QED) is 0.701. The van der Waals surface area contributed by atoms with Gasteiger partial charge < -0.3 is 14.7 Å². The summed E-state index contributed by atoms with van der Waals surface area (Å²) in [6.45, 7) is 2.84. The van der Waals surface area contributed by atoms with Gasteiger partial charge in [0, 0.05) is 7.05 Å². The van der Waals surface area contributed by atoms with E-state index in [0.29, 0.717) is 5.75 Å². The van der Waals surface area contributed by atoms with Crippen LogP contribution in [0.1, 0.15) is 13.8 Å². The number of nitrogens with one attached hydrogen (secondary N) is 1. The molecular weight excluding hydrogens is 336 g/mol. The first kappa shape index (κ1) is 19.9. The molecule has 9 heteroatoms. The average Bonchev–Trinajstić information content (AvgIpc) is 2.51. The molecule has 1 amide bonds. The molecule has 8 nitrogen and oxygen atoms in total. The number of benzene rings is 1. The predicted octanol–water partition coefficient (Wildman–Crippen LogP) is 0.541. The van der Waals surface area contributed by atoms with Crippen molar-refractivity contribution in [3.05, 3.63) is 24.3 Å². The molecule has 134 valence electrons. The fourth-order valence-corrected chi connectivity index (χ4v) is 3.32. The number of nitrogens with zero attached hydrogens (tertiary/aromatic N) is 1. The van der Waals surface area contributed by atoms with E-state index in [1.807, 2.05) is 0 Å². The van der Waals surface area contributed by atoms with Gasteiger partial charge in [-0.2, -0.15) is 4.72 Å². The van der Waals surface area contributed by atoms with E-state index < -0.39 is 34.5 Å². The normalized spacial score (nSPS) is 12.7. The van der Waals surface area contributed by atoms with E-state index in [9.17, 15) is 18.0 Å². The average molecular weight is 358 g/mol. The van der Waals surface area contributed by atoms with Gasteiger partial charge in [0.1, 0.15) is 18.3 Å². The van der Waals surface area contributed by atoms with Crippen LogP contribution < -0.4 is 9.46 Å². The number of carbonyl (C=O) groups is 2. The van der Waals surface area contributed by atoms with Crippen LogP contribution in [0.25, 0.3) is 0 Å². The highest BCUT2D eigenvalue weighted by Gasteiger charge is 2.31. The van der Waals surface area contributed by atoms with Crippen molar-refractivity contribution in [3.63, 3.8) is 0 Å². The fraction of sp³-hybridized carbons (Fsp3) is 0.467. The van der Waals surface area contributed by atoms with Crippen LogP contribution in [-0.4, -0.2) is 57.0 Å². The second kappa shape index (κ2) is 8.11. The number of carbonyl (C=O) groups excluding carboxylic acids is 1. The predicted molar refractivity (Wildman–Crippen MR) is 87.2 cm³/mol. The topological polar surface area (TPSA) is 113 Å². The van der Waals surface area contributed by atoms with Crippen LogP contribution in [0.15, 0.2) is 29.2 Å². The van der Waals surface area contributed by atoms with E-state index >= 15 is 0 Å². The lowest BCUT2D eigenvalue weighted by Gasteiger charge is -2.26. The van der Waals surface area contributed by atoms with Gasteiger partial charge >= 0.3 is 5.97 Å². The Morgan fingerprint density at radius 1 is 1.25 bits per heavy atom. The Bertz CT molecular complexity index is 684. The van der Waals surface area contributed by atoms with Crippen LogP contribution in [0, 0.1) is 5.92 Å². The maximum absolute atomic E-state index is 12.5. The summed E-state index contributed by atoms with van der Waals surface area (Å²) in [5, 5.41) is 8.77. The van der Waals surface area contributed by atoms with Crippen LogP contribution in [-0.2, 0) is 19.6 Å². The largest absolute Gasteiger partial charge is 0.497 e. The molecule has 1 atom stereocenters. The molecule has 1 aromatic carbocycles. The molecule has 1 rings (SSSR count). The zero-order valence-corrected chi connectivity index (χ0v) is 14.8. The van der Waals surface area contributed by atoms with Gasteiger partial charge in [-0.15, -0.1) is 0 Å². The van der Waals surface area contributed by atoms with Gasteiger partial charge in [-0.3, -0.25) is 9.59 Å². The third kappa shape index (κ3) is 5.20. The monoisotopic (exact) mass is 358 g/mol. The van der Waals surface area contributed by atoms with E-state index in [-0.39, 0.29) is 10.8 Å². The summed E-state index contributed by atoms with van der Waals surface area (Å²) in [5.41, 5.74) is 0. The summed E-state index contributed by atoms with van der Waals surface area (Å²) in [4.78, 5) is 24.0. The minimum absolute atomic E-state index is 0.0114. The Hall–Kier alpha value is -2.13. The molecule has 0 heterocycles. The first-order chi connectivity index (χ1) is 11.1. The van der Waals surface area contributed by atoms with E-state index in [2.05, 4.69) is 4.72 Å². The van der Waals surface area contributed by atoms with Gasteiger partial charge in [0.05, 0.1) is 12.0 Å². The minimum Gasteiger partial charge on any atom is -0.497 e. The van der Waals surface area contributed by atoms with Crippen molar-refractivity contribution >= 4 is 21.9 Å². The number of hydrogen-bond donors (Lipinski definition) is 2. The Morgan fingerprint density at radius 2 is 1.79 bits per heavy atom. The van der Waals surface area contributed by atoms with Crippen molar-refractivity contribution in [2.45, 2.75) is 24.8 Å². The molecule has 0 aliphatic carbocycles. The number of likely N-dealkylation sites (N-methyl/N-ethyl adjacent to an activating group) is 1. The van der Waals surface area contributed by atoms with Crippen molar-refractivity contribution in [3.8, 4) is 5.75 Å². The summed E-state index contributed by atoms with van der Waals surface area (Å²) in [6.07, 6.45) is 0. The zero-order valence-electron chi connectivity index (χ0n) is 14.0. The number of methoxy groups -OCH3 is 1. The Labute approximate surface area is 141 Å². The van der Waals surface area contributed by atoms with Crippen LogP contribution in [0.4, 0.5) is 0 Å². The molecule has 1 aromatic rings. The second-order valence-electron chi connectivity index (χ2n) is 5.61. The summed E-state index contributed by atoms with van der Waals surface area (Å²) in [5.74, 6) is -1.63. The van der Waals surface area contributed by atoms with Crippen molar-refractivity contribution in [1.29, 1.82) is 0 Å². The van der Waals surface area contributed by atoms with E-state index in [0.717, 1.165) is 4.90 Å². The number of rotatable bonds is 8. The molecular formula is C15H22N2O6S. The van der Waals surface area contributed by atoms with E-state index in [4.69, 9.17) is 9.84 Å². The maximum Gasteiger partial charge on any atom is 0.323 e. The molecule has 0 bridgehead atoms. The molecule has 0 saturated heterocycles. The first-order valence-corrected chi connectivity index (χ1v) is 8.70. The summed E-state index contributed by atoms with van der Waals surface area (Å²) in [7, 11) is -1.16. The van der Waals surface area contributed by atoms with Crippen molar-refractivity contribution in [2.24, 2.45) is 5.92 Å². The molecule has 0 aromatic heterocycles. The number of carboxylic acid groups (broad SMARTS) is 1. The minimum atomic E-state index is -3.94. The van der Waals surface area contributed by atoms with Gasteiger partial charge in [-0.25, -0.2) is 8.42 Å². The molecule has 2 N–H and O–H groups in total. The van der Waals surface area contributed by atoms with E-state index in [1.54, 1.807) is 13.8 Å². The number of aliphatic carboxylic acids is 1. The Morgan fingerprint density at radius 3 is 2.21 bits per heavy atom. The second-order valence-corrected chi connectivity index (χ2v) is 7.32. The summed E-state index contributed by atoms with van der Waals surface area (Å²) >= 11 is 0. The lowest BCUT2D eigenvalue weighted by molar-refractivity contribution is -0.144. The standard InChI is InChI=1S/C15H22N2O6S/c1-10(2)14(15(20)17(3)9-13(18)19)16-24(21,22)12-7-5-11(23-4)6-8-12/h5-8,10,14,16H,9H2,1-4H3,(H,18,19)/t14-/m0/s1. The highest BCUT2D eigenvalue weighted by molar-refractivity contribution is 7.89. The zero-order chi connectivity index (χ0) is 18.5. The van der Waals surface area contributed by atoms with Crippen LogP contribution in [0.5, 0.6) is 5.75 Å². The molecule has 0 fully saturated rings. The number of sulfonamides is 1. The molecule has 0 aliphatic heterocycles. The number of carboxylic acids is 1. The van der Waals surface area contributed by atoms with Crippen molar-refractivity contribution in [1.82, 2.24) is 9.62 Å². The lowest BCUT2D eigenvalue weighted by atomic mass is 10.0. The fourth-order valence-electron chi connectivity index (χ4n) is 1.98. The highest BCUT2D eigenvalue weighted by Crippen LogP contribution is 2.17. The van der Waals surface area contributed by atoms with Gasteiger partial charge in [0.25, 0.3) is 0 Å². The first-order valence-electron chi connectivity index (χ1n) is 7.21. The van der Waals surface area contributed by atoms with Gasteiger partial charge in [-0.1, -0.05) is 13.8 Å². The van der Waals surface area contributed by atoms with Crippen LogP contribution in [0.2, 0.25) is 0 Å². The van der Waals surface area contributed by atoms with Crippen molar-refractivity contribution in [2.75, 3.05) is 20.7 Å². The molecule has 0 unspecified atom stereocenters. The van der Waals surface area contributed by atoms with Gasteiger partial charge in [0.15, 0.2) is 0 Å². The van der Waals surface area contributed by atoms with Crippen LogP contribution in [0.3, 0.4) is 0 Å². The van der Waals surface area contributed by atoms with Gasteiger partial charge in [-0.05, 0) is 30.2 Å². The van der Waals surface area contributed by atoms with Crippen LogP contribution >= 0.6 is 0 Å². The van der Waals surface area contributed by atoms with E-state index in [1.165, 1.54) is 38.4 Å². The molecule has 0 spiro atoms. The Balaban J connectivity index is 3.01. The lowest BCUT2D eigenvalue weighted by Crippen LogP contribution is -2.51. The van der Waals surface area contributed by atoms with Crippen molar-refractivity contribution < 1.29 is 27.9 Å². The molecule has 24 heavy (non-hydrogen) atoms. The molecule has 0 radical (unpaired) electrons. The summed E-state index contributed by atoms with van der Waals surface area (Å²) in [6, 6.07) is 4.66. The SMILES string of the molecule is COc1ccc(S(=O)(=O)N[C@H](C(=O)N(C)CC(=O)O)C(C)C)cc1. The molecule has 0 aliphatic rings. The highest BCUT2D eigenvalue weighted by atomic mass is 32.2. The third-order valence-electron chi connectivity index (χ3n) is 3.33. The number of ether oxygens (including phenoxy) is 1. The van der Waals surface area contributed by atoms with Gasteiger partial charge in [0.2, 0.25) is 15.9 Å². The Kier molecular flexibility index (Phi) is 6.73. The third-order valence-corrected chi connectivity index (χ3v) is 4.79. The number of hydrogen-bond acceptors (Lipinski definition) is 5. The summed E-state index contributed by atoms with van der Waals surface area (Å²) < 4.78 is 32.2. The maximum atomic E-state index is 12.5.